The molecule has 1 aromatic carbocycles. The van der Waals surface area contributed by atoms with Crippen LogP contribution in [0.5, 0.6) is 0 Å². The Kier molecular flexibility index (Phi) is 4.50. The van der Waals surface area contributed by atoms with Crippen molar-refractivity contribution in [2.24, 2.45) is 0 Å². The van der Waals surface area contributed by atoms with Crippen molar-refractivity contribution in [1.29, 1.82) is 0 Å². The molecular formula is C15H17N3O. The Hall–Kier alpha value is -2.36. The first-order valence-corrected chi connectivity index (χ1v) is 6.29. The summed E-state index contributed by atoms with van der Waals surface area (Å²) >= 11 is 0. The molecule has 0 unspecified atom stereocenters. The van der Waals surface area contributed by atoms with Crippen LogP contribution in [0.15, 0.2) is 48.7 Å². The zero-order valence-corrected chi connectivity index (χ0v) is 10.7. The van der Waals surface area contributed by atoms with Crippen molar-refractivity contribution in [2.75, 3.05) is 12.3 Å². The number of nitrogens with one attached hydrogen (secondary N) is 1. The van der Waals surface area contributed by atoms with E-state index < -0.39 is 0 Å². The Balaban J connectivity index is 1.75. The highest BCUT2D eigenvalue weighted by Crippen LogP contribution is 2.04. The molecule has 1 aromatic heterocycles. The molecule has 4 heteroatoms. The number of benzene rings is 1. The van der Waals surface area contributed by atoms with Gasteiger partial charge < -0.3 is 11.1 Å². The summed E-state index contributed by atoms with van der Waals surface area (Å²) in [5, 5.41) is 2.87. The summed E-state index contributed by atoms with van der Waals surface area (Å²) in [7, 11) is 0. The van der Waals surface area contributed by atoms with Crippen LogP contribution in [0.3, 0.4) is 0 Å². The highest BCUT2D eigenvalue weighted by Gasteiger charge is 2.04. The molecule has 98 valence electrons. The van der Waals surface area contributed by atoms with E-state index in [9.17, 15) is 4.79 Å². The molecule has 0 atom stereocenters. The maximum atomic E-state index is 11.8. The number of anilines is 1. The number of nitrogens with zero attached hydrogens (tertiary/aromatic N) is 1. The van der Waals surface area contributed by atoms with Gasteiger partial charge in [-0.1, -0.05) is 30.3 Å². The fraction of sp³-hybridized carbons (Fsp3) is 0.200. The van der Waals surface area contributed by atoms with Crippen molar-refractivity contribution in [3.63, 3.8) is 0 Å². The molecule has 0 saturated carbocycles. The normalized spacial score (nSPS) is 10.1. The molecule has 0 spiro atoms. The molecule has 0 aliphatic heterocycles. The van der Waals surface area contributed by atoms with Crippen molar-refractivity contribution in [3.05, 3.63) is 59.8 Å². The first-order valence-electron chi connectivity index (χ1n) is 6.29. The number of amides is 1. The molecule has 0 saturated heterocycles. The lowest BCUT2D eigenvalue weighted by molar-refractivity contribution is 0.0953. The lowest BCUT2D eigenvalue weighted by Crippen LogP contribution is -2.24. The Morgan fingerprint density at radius 2 is 2.00 bits per heavy atom. The van der Waals surface area contributed by atoms with E-state index in [0.717, 1.165) is 12.8 Å². The molecule has 2 aromatic rings. The van der Waals surface area contributed by atoms with Crippen LogP contribution in [0.25, 0.3) is 0 Å². The van der Waals surface area contributed by atoms with E-state index in [-0.39, 0.29) is 5.91 Å². The number of nitrogen functional groups attached to an aromatic ring is 1. The second kappa shape index (κ2) is 6.54. The molecule has 0 aliphatic carbocycles. The third-order valence-corrected chi connectivity index (χ3v) is 2.81. The number of hydrogen-bond donors (Lipinski definition) is 2. The van der Waals surface area contributed by atoms with Gasteiger partial charge in [-0.2, -0.15) is 0 Å². The molecule has 19 heavy (non-hydrogen) atoms. The van der Waals surface area contributed by atoms with E-state index in [4.69, 9.17) is 5.73 Å². The lowest BCUT2D eigenvalue weighted by atomic mass is 10.1. The summed E-state index contributed by atoms with van der Waals surface area (Å²) < 4.78 is 0. The molecule has 2 rings (SSSR count). The average Bonchev–Trinajstić information content (AvgIpc) is 2.44. The van der Waals surface area contributed by atoms with Gasteiger partial charge in [0.05, 0.1) is 0 Å². The monoisotopic (exact) mass is 255 g/mol. The SMILES string of the molecule is Nc1cc(C(=O)NCCCc2ccccc2)ccn1. The predicted octanol–water partition coefficient (Wildman–Crippen LogP) is 2.03. The topological polar surface area (TPSA) is 68.0 Å². The first kappa shape index (κ1) is 13.1. The first-order chi connectivity index (χ1) is 9.25. The van der Waals surface area contributed by atoms with E-state index in [2.05, 4.69) is 22.4 Å². The Morgan fingerprint density at radius 3 is 2.74 bits per heavy atom. The van der Waals surface area contributed by atoms with Crippen molar-refractivity contribution in [2.45, 2.75) is 12.8 Å². The number of aryl methyl sites for hydroxylation is 1. The Morgan fingerprint density at radius 1 is 1.21 bits per heavy atom. The lowest BCUT2D eigenvalue weighted by Gasteiger charge is -2.05. The number of carbonyl (C=O) groups is 1. The van der Waals surface area contributed by atoms with Crippen LogP contribution < -0.4 is 11.1 Å². The number of hydrogen-bond acceptors (Lipinski definition) is 3. The summed E-state index contributed by atoms with van der Waals surface area (Å²) in [5.74, 6) is 0.249. The fourth-order valence-electron chi connectivity index (χ4n) is 1.83. The zero-order valence-electron chi connectivity index (χ0n) is 10.7. The minimum absolute atomic E-state index is 0.109. The summed E-state index contributed by atoms with van der Waals surface area (Å²) in [5.41, 5.74) is 7.37. The van der Waals surface area contributed by atoms with Crippen molar-refractivity contribution in [1.82, 2.24) is 10.3 Å². The van der Waals surface area contributed by atoms with Gasteiger partial charge in [0.15, 0.2) is 0 Å². The van der Waals surface area contributed by atoms with E-state index in [1.54, 1.807) is 12.1 Å². The smallest absolute Gasteiger partial charge is 0.251 e. The number of nitrogens with two attached hydrogens (primary N) is 1. The summed E-state index contributed by atoms with van der Waals surface area (Å²) in [4.78, 5) is 15.7. The quantitative estimate of drug-likeness (QED) is 0.803. The van der Waals surface area contributed by atoms with Gasteiger partial charge in [-0.3, -0.25) is 4.79 Å². The van der Waals surface area contributed by atoms with Crippen LogP contribution in [-0.4, -0.2) is 17.4 Å². The minimum Gasteiger partial charge on any atom is -0.384 e. The van der Waals surface area contributed by atoms with Gasteiger partial charge in [0, 0.05) is 18.3 Å². The van der Waals surface area contributed by atoms with Gasteiger partial charge in [0.1, 0.15) is 5.82 Å². The number of carbonyl (C=O) groups excluding carboxylic acids is 1. The highest BCUT2D eigenvalue weighted by atomic mass is 16.1. The largest absolute Gasteiger partial charge is 0.384 e. The molecule has 4 nitrogen and oxygen atoms in total. The molecule has 3 N–H and O–H groups in total. The van der Waals surface area contributed by atoms with Crippen LogP contribution in [0.2, 0.25) is 0 Å². The maximum absolute atomic E-state index is 11.8. The van der Waals surface area contributed by atoms with Gasteiger partial charge in [-0.15, -0.1) is 0 Å². The minimum atomic E-state index is -0.109. The van der Waals surface area contributed by atoms with Crippen molar-refractivity contribution >= 4 is 11.7 Å². The van der Waals surface area contributed by atoms with E-state index in [1.165, 1.54) is 11.8 Å². The fourth-order valence-corrected chi connectivity index (χ4v) is 1.83. The average molecular weight is 255 g/mol. The van der Waals surface area contributed by atoms with E-state index in [0.29, 0.717) is 17.9 Å². The maximum Gasteiger partial charge on any atom is 0.251 e. The number of pyridine rings is 1. The second-order valence-electron chi connectivity index (χ2n) is 4.31. The highest BCUT2D eigenvalue weighted by molar-refractivity contribution is 5.94. The third-order valence-electron chi connectivity index (χ3n) is 2.81. The molecule has 0 radical (unpaired) electrons. The van der Waals surface area contributed by atoms with E-state index >= 15 is 0 Å². The van der Waals surface area contributed by atoms with Crippen LogP contribution in [-0.2, 0) is 6.42 Å². The second-order valence-corrected chi connectivity index (χ2v) is 4.31. The molecular weight excluding hydrogens is 238 g/mol. The predicted molar refractivity (Wildman–Crippen MR) is 75.7 cm³/mol. The summed E-state index contributed by atoms with van der Waals surface area (Å²) in [6.07, 6.45) is 3.41. The van der Waals surface area contributed by atoms with Gasteiger partial charge in [-0.05, 0) is 30.5 Å². The summed E-state index contributed by atoms with van der Waals surface area (Å²) in [6.45, 7) is 0.649. The van der Waals surface area contributed by atoms with Gasteiger partial charge >= 0.3 is 0 Å². The Labute approximate surface area is 112 Å². The van der Waals surface area contributed by atoms with Crippen molar-refractivity contribution in [3.8, 4) is 0 Å². The van der Waals surface area contributed by atoms with E-state index in [1.807, 2.05) is 18.2 Å². The van der Waals surface area contributed by atoms with Gasteiger partial charge in [-0.25, -0.2) is 4.98 Å². The number of rotatable bonds is 5. The van der Waals surface area contributed by atoms with Gasteiger partial charge in [0.25, 0.3) is 5.91 Å². The van der Waals surface area contributed by atoms with Crippen LogP contribution in [0, 0.1) is 0 Å². The summed E-state index contributed by atoms with van der Waals surface area (Å²) in [6, 6.07) is 13.5. The third kappa shape index (κ3) is 4.10. The van der Waals surface area contributed by atoms with Crippen LogP contribution in [0.1, 0.15) is 22.3 Å². The Bertz CT molecular complexity index is 540. The van der Waals surface area contributed by atoms with Crippen molar-refractivity contribution < 1.29 is 4.79 Å². The number of aromatic nitrogens is 1. The molecule has 0 bridgehead atoms. The molecule has 0 fully saturated rings. The standard InChI is InChI=1S/C15H17N3O/c16-14-11-13(8-10-17-14)15(19)18-9-4-7-12-5-2-1-3-6-12/h1-3,5-6,8,10-11H,4,7,9H2,(H2,16,17)(H,18,19). The van der Waals surface area contributed by atoms with Crippen LogP contribution in [0.4, 0.5) is 5.82 Å². The molecule has 1 amide bonds. The molecule has 1 heterocycles. The van der Waals surface area contributed by atoms with Gasteiger partial charge in [0.2, 0.25) is 0 Å². The zero-order chi connectivity index (χ0) is 13.5. The molecule has 0 aliphatic rings. The van der Waals surface area contributed by atoms with Crippen LogP contribution >= 0.6 is 0 Å².